The monoisotopic (exact) mass is 581 g/mol. The first kappa shape index (κ1) is 28.1. The molecule has 0 aromatic heterocycles. The number of piperidine rings is 1. The number of hydrogen-bond acceptors (Lipinski definition) is 5. The molecule has 0 spiro atoms. The number of hydrogen-bond donors (Lipinski definition) is 1. The van der Waals surface area contributed by atoms with Crippen LogP contribution in [0.1, 0.15) is 46.8 Å². The predicted molar refractivity (Wildman–Crippen MR) is 134 cm³/mol. The summed E-state index contributed by atoms with van der Waals surface area (Å²) < 4.78 is 78.5. The van der Waals surface area contributed by atoms with Gasteiger partial charge in [-0.15, -0.1) is 0 Å². The van der Waals surface area contributed by atoms with E-state index in [4.69, 9.17) is 0 Å². The van der Waals surface area contributed by atoms with Crippen LogP contribution in [0, 0.1) is 17.7 Å². The molecule has 3 amide bonds. The Morgan fingerprint density at radius 2 is 1.82 bits per heavy atom. The van der Waals surface area contributed by atoms with Gasteiger partial charge in [0.25, 0.3) is 5.91 Å². The Bertz CT molecular complexity index is 1500. The van der Waals surface area contributed by atoms with Crippen LogP contribution in [-0.4, -0.2) is 67.9 Å². The van der Waals surface area contributed by atoms with Gasteiger partial charge in [0, 0.05) is 49.4 Å². The maximum absolute atomic E-state index is 15.1. The normalized spacial score (nSPS) is 25.1. The van der Waals surface area contributed by atoms with Gasteiger partial charge in [0.15, 0.2) is 9.84 Å². The van der Waals surface area contributed by atoms with Crippen molar-refractivity contribution < 1.29 is 40.4 Å². The van der Waals surface area contributed by atoms with E-state index in [1.54, 1.807) is 7.05 Å². The van der Waals surface area contributed by atoms with Crippen molar-refractivity contribution in [1.82, 2.24) is 15.1 Å². The first-order valence-corrected chi connectivity index (χ1v) is 14.6. The summed E-state index contributed by atoms with van der Waals surface area (Å²) in [6, 6.07) is 5.30. The molecule has 3 aliphatic rings. The van der Waals surface area contributed by atoms with Gasteiger partial charge in [-0.3, -0.25) is 14.4 Å². The molecule has 2 aromatic rings. The third-order valence-corrected chi connectivity index (χ3v) is 9.06. The Kier molecular flexibility index (Phi) is 6.92. The van der Waals surface area contributed by atoms with Gasteiger partial charge in [0.05, 0.1) is 16.5 Å². The summed E-state index contributed by atoms with van der Waals surface area (Å²) in [7, 11) is -2.04. The Balaban J connectivity index is 1.43. The molecule has 1 N–H and O–H groups in total. The lowest BCUT2D eigenvalue weighted by molar-refractivity contribution is -0.137. The number of rotatable bonds is 6. The lowest BCUT2D eigenvalue weighted by atomic mass is 9.90. The Labute approximate surface area is 228 Å². The highest BCUT2D eigenvalue weighted by Gasteiger charge is 2.56. The van der Waals surface area contributed by atoms with Crippen LogP contribution in [-0.2, 0) is 25.6 Å². The number of halogens is 4. The smallest absolute Gasteiger partial charge is 0.347 e. The van der Waals surface area contributed by atoms with Crippen LogP contribution < -0.4 is 5.32 Å². The molecule has 5 atom stereocenters. The Hall–Kier alpha value is -3.48. The summed E-state index contributed by atoms with van der Waals surface area (Å²) in [6.07, 6.45) is -2.77. The van der Waals surface area contributed by atoms with Crippen molar-refractivity contribution in [3.05, 3.63) is 65.0 Å². The summed E-state index contributed by atoms with van der Waals surface area (Å²) in [4.78, 5) is 42.1. The highest BCUT2D eigenvalue weighted by atomic mass is 32.2. The van der Waals surface area contributed by atoms with Gasteiger partial charge in [0.2, 0.25) is 11.8 Å². The van der Waals surface area contributed by atoms with Crippen LogP contribution >= 0.6 is 0 Å². The molecule has 0 bridgehead atoms. The highest BCUT2D eigenvalue weighted by molar-refractivity contribution is 7.90. The summed E-state index contributed by atoms with van der Waals surface area (Å²) in [5, 5.41) is 2.74. The maximum atomic E-state index is 15.1. The molecule has 2 aromatic carbocycles. The molecule has 1 saturated carbocycles. The van der Waals surface area contributed by atoms with Crippen LogP contribution in [0.4, 0.5) is 17.6 Å². The van der Waals surface area contributed by atoms with Gasteiger partial charge < -0.3 is 15.1 Å². The zero-order valence-electron chi connectivity index (χ0n) is 21.6. The van der Waals surface area contributed by atoms with E-state index in [0.29, 0.717) is 18.9 Å². The van der Waals surface area contributed by atoms with Gasteiger partial charge in [-0.25, -0.2) is 12.8 Å². The van der Waals surface area contributed by atoms with Crippen molar-refractivity contribution in [2.45, 2.75) is 48.5 Å². The highest BCUT2D eigenvalue weighted by Crippen LogP contribution is 2.49. The fourth-order valence-electron chi connectivity index (χ4n) is 5.77. The minimum absolute atomic E-state index is 0.0428. The van der Waals surface area contributed by atoms with E-state index < -0.39 is 57.2 Å². The zero-order valence-corrected chi connectivity index (χ0v) is 22.4. The zero-order chi connectivity index (χ0) is 29.1. The van der Waals surface area contributed by atoms with E-state index in [1.165, 1.54) is 34.1 Å². The summed E-state index contributed by atoms with van der Waals surface area (Å²) in [5.41, 5.74) is -1.26. The molecular formula is C27H27F4N3O5S. The third kappa shape index (κ3) is 5.30. The molecule has 2 saturated heterocycles. The molecule has 0 radical (unpaired) electrons. The van der Waals surface area contributed by atoms with Gasteiger partial charge in [-0.1, -0.05) is 12.1 Å². The number of sulfone groups is 1. The van der Waals surface area contributed by atoms with Gasteiger partial charge >= 0.3 is 6.18 Å². The molecule has 1 aliphatic carbocycles. The molecule has 5 rings (SSSR count). The topological polar surface area (TPSA) is 104 Å². The third-order valence-electron chi connectivity index (χ3n) is 7.95. The molecule has 2 aliphatic heterocycles. The van der Waals surface area contributed by atoms with E-state index in [2.05, 4.69) is 5.32 Å². The summed E-state index contributed by atoms with van der Waals surface area (Å²) in [6.45, 7) is 0.154. The molecule has 13 heteroatoms. The fourth-order valence-corrected chi connectivity index (χ4v) is 6.43. The van der Waals surface area contributed by atoms with Crippen molar-refractivity contribution in [3.8, 4) is 0 Å². The van der Waals surface area contributed by atoms with E-state index in [-0.39, 0.29) is 46.9 Å². The first-order chi connectivity index (χ1) is 18.6. The minimum atomic E-state index is -4.76. The average molecular weight is 582 g/mol. The van der Waals surface area contributed by atoms with Crippen LogP contribution in [0.2, 0.25) is 0 Å². The Morgan fingerprint density at radius 3 is 2.42 bits per heavy atom. The quantitative estimate of drug-likeness (QED) is 0.528. The lowest BCUT2D eigenvalue weighted by Gasteiger charge is -2.31. The molecule has 1 unspecified atom stereocenters. The minimum Gasteiger partial charge on any atom is -0.347 e. The molecule has 40 heavy (non-hydrogen) atoms. The summed E-state index contributed by atoms with van der Waals surface area (Å²) >= 11 is 0. The number of likely N-dealkylation sites (tertiary alicyclic amines) is 2. The number of nitrogens with one attached hydrogen (secondary N) is 1. The van der Waals surface area contributed by atoms with Crippen molar-refractivity contribution in [2.24, 2.45) is 11.8 Å². The average Bonchev–Trinajstić information content (AvgIpc) is 3.41. The van der Waals surface area contributed by atoms with Crippen molar-refractivity contribution >= 4 is 27.6 Å². The van der Waals surface area contributed by atoms with Crippen molar-refractivity contribution in [3.63, 3.8) is 0 Å². The molecule has 8 nitrogen and oxygen atoms in total. The molecular weight excluding hydrogens is 554 g/mol. The molecule has 214 valence electrons. The first-order valence-electron chi connectivity index (χ1n) is 12.7. The van der Waals surface area contributed by atoms with Crippen LogP contribution in [0.25, 0.3) is 0 Å². The second kappa shape index (κ2) is 9.86. The standard InChI is InChI=1S/C27H27F4N3O5S/c1-33-13-16(11-23(33)35)24(19-7-6-17(12-20(19)28)27(29,30)31)32-25(36)22-10-15-9-21(15)34(22)26(37)14-4-3-5-18(8-14)40(2,38)39/h3-8,12,15-16,21-22,24H,9-11,13H2,1-2H3,(H,32,36)/t15-,16-,21-,22-,24?/m1/s1. The molecule has 2 heterocycles. The number of amides is 3. The van der Waals surface area contributed by atoms with E-state index >= 15 is 4.39 Å². The number of fused-ring (bicyclic) bond motifs is 1. The van der Waals surface area contributed by atoms with Crippen molar-refractivity contribution in [2.75, 3.05) is 19.8 Å². The van der Waals surface area contributed by atoms with E-state index in [1.807, 2.05) is 0 Å². The fraction of sp³-hybridized carbons (Fsp3) is 0.444. The number of carbonyl (C=O) groups is 3. The number of carbonyl (C=O) groups excluding carboxylic acids is 3. The lowest BCUT2D eigenvalue weighted by Crippen LogP contribution is -2.49. The number of benzene rings is 2. The van der Waals surface area contributed by atoms with Crippen LogP contribution in [0.3, 0.4) is 0 Å². The second-order valence-corrected chi connectivity index (χ2v) is 12.8. The van der Waals surface area contributed by atoms with E-state index in [0.717, 1.165) is 18.4 Å². The van der Waals surface area contributed by atoms with Gasteiger partial charge in [-0.05, 0) is 49.1 Å². The summed E-state index contributed by atoms with van der Waals surface area (Å²) in [5.74, 6) is -3.10. The maximum Gasteiger partial charge on any atom is 0.416 e. The van der Waals surface area contributed by atoms with E-state index in [9.17, 15) is 36.0 Å². The SMILES string of the molecule is CN1C[C@H](C(NC(=O)[C@H]2C[C@H]3C[C@H]3N2C(=O)c2cccc(S(C)(=O)=O)c2)c2ccc(C(F)(F)F)cc2F)CC1=O. The number of alkyl halides is 3. The van der Waals surface area contributed by atoms with Crippen LogP contribution in [0.15, 0.2) is 47.4 Å². The van der Waals surface area contributed by atoms with Gasteiger partial charge in [-0.2, -0.15) is 13.2 Å². The van der Waals surface area contributed by atoms with Gasteiger partial charge in [0.1, 0.15) is 11.9 Å². The molecule has 3 fully saturated rings. The van der Waals surface area contributed by atoms with Crippen molar-refractivity contribution in [1.29, 1.82) is 0 Å². The van der Waals surface area contributed by atoms with Crippen LogP contribution in [0.5, 0.6) is 0 Å². The largest absolute Gasteiger partial charge is 0.416 e. The predicted octanol–water partition coefficient (Wildman–Crippen LogP) is 3.19. The number of nitrogens with zero attached hydrogens (tertiary/aromatic N) is 2. The second-order valence-electron chi connectivity index (χ2n) is 10.8. The Morgan fingerprint density at radius 1 is 1.10 bits per heavy atom.